The maximum atomic E-state index is 14.0. The predicted octanol–water partition coefficient (Wildman–Crippen LogP) is 4.44. The molecule has 180 valence electrons. The number of hydrogen-bond acceptors (Lipinski definition) is 5. The van der Waals surface area contributed by atoms with Crippen molar-refractivity contribution in [1.29, 1.82) is 0 Å². The van der Waals surface area contributed by atoms with Gasteiger partial charge in [0, 0.05) is 18.0 Å². The highest BCUT2D eigenvalue weighted by atomic mass is 35.5. The van der Waals surface area contributed by atoms with Crippen LogP contribution in [0.1, 0.15) is 37.8 Å². The largest absolute Gasteiger partial charge is 0.497 e. The van der Waals surface area contributed by atoms with E-state index in [1.165, 1.54) is 12.1 Å². The molecule has 4 aromatic rings. The third-order valence-corrected chi connectivity index (χ3v) is 6.03. The number of benzene rings is 2. The van der Waals surface area contributed by atoms with Gasteiger partial charge in [0.15, 0.2) is 0 Å². The Morgan fingerprint density at radius 3 is 2.54 bits per heavy atom. The van der Waals surface area contributed by atoms with Gasteiger partial charge in [0.2, 0.25) is 0 Å². The van der Waals surface area contributed by atoms with E-state index in [2.05, 4.69) is 15.4 Å². The van der Waals surface area contributed by atoms with Crippen molar-refractivity contribution < 1.29 is 18.7 Å². The number of primary amides is 1. The van der Waals surface area contributed by atoms with Crippen LogP contribution < -0.4 is 15.8 Å². The molecule has 0 aliphatic carbocycles. The van der Waals surface area contributed by atoms with Crippen molar-refractivity contribution >= 4 is 40.0 Å². The Morgan fingerprint density at radius 2 is 1.89 bits per heavy atom. The lowest BCUT2D eigenvalue weighted by atomic mass is 10.1. The maximum absolute atomic E-state index is 14.0. The minimum absolute atomic E-state index is 0.0930. The predicted molar refractivity (Wildman–Crippen MR) is 132 cm³/mol. The molecule has 4 rings (SSSR count). The Kier molecular flexibility index (Phi) is 6.70. The third-order valence-electron chi connectivity index (χ3n) is 5.74. The minimum Gasteiger partial charge on any atom is -0.497 e. The van der Waals surface area contributed by atoms with E-state index in [0.717, 1.165) is 29.5 Å². The summed E-state index contributed by atoms with van der Waals surface area (Å²) in [7, 11) is 1.62. The van der Waals surface area contributed by atoms with Gasteiger partial charge in [0.05, 0.1) is 40.3 Å². The molecule has 0 aliphatic rings. The molecule has 10 heteroatoms. The van der Waals surface area contributed by atoms with Gasteiger partial charge in [-0.1, -0.05) is 23.7 Å². The quantitative estimate of drug-likeness (QED) is 0.393. The van der Waals surface area contributed by atoms with E-state index in [4.69, 9.17) is 22.1 Å². The highest BCUT2D eigenvalue weighted by Crippen LogP contribution is 2.27. The topological polar surface area (TPSA) is 112 Å². The number of rotatable bonds is 7. The molecule has 8 nitrogen and oxygen atoms in total. The van der Waals surface area contributed by atoms with Crippen LogP contribution >= 0.6 is 11.6 Å². The number of hydrogen-bond donors (Lipinski definition) is 2. The fraction of sp³-hybridized carbons (Fsp3) is 0.200. The molecule has 0 saturated carbocycles. The van der Waals surface area contributed by atoms with Gasteiger partial charge in [-0.3, -0.25) is 14.3 Å². The number of nitrogens with two attached hydrogens (primary N) is 1. The lowest BCUT2D eigenvalue weighted by Gasteiger charge is -2.11. The molecule has 0 bridgehead atoms. The zero-order valence-electron chi connectivity index (χ0n) is 19.4. The number of halogens is 2. The summed E-state index contributed by atoms with van der Waals surface area (Å²) >= 11 is 5.94. The lowest BCUT2D eigenvalue weighted by molar-refractivity contribution is 0.0996. The highest BCUT2D eigenvalue weighted by molar-refractivity contribution is 6.31. The molecule has 35 heavy (non-hydrogen) atoms. The van der Waals surface area contributed by atoms with Gasteiger partial charge in [-0.2, -0.15) is 5.10 Å². The second kappa shape index (κ2) is 9.71. The van der Waals surface area contributed by atoms with Gasteiger partial charge < -0.3 is 15.8 Å². The Bertz CT molecular complexity index is 1450. The number of aromatic nitrogens is 3. The third kappa shape index (κ3) is 4.95. The first-order chi connectivity index (χ1) is 16.7. The van der Waals surface area contributed by atoms with Gasteiger partial charge in [-0.25, -0.2) is 9.37 Å². The van der Waals surface area contributed by atoms with E-state index >= 15 is 0 Å². The summed E-state index contributed by atoms with van der Waals surface area (Å²) in [5, 5.41) is 7.55. The zero-order valence-corrected chi connectivity index (χ0v) is 20.1. The van der Waals surface area contributed by atoms with Crippen LogP contribution in [-0.2, 0) is 13.0 Å². The van der Waals surface area contributed by atoms with Crippen molar-refractivity contribution in [3.05, 3.63) is 81.5 Å². The first-order valence-corrected chi connectivity index (χ1v) is 11.1. The van der Waals surface area contributed by atoms with E-state index < -0.39 is 17.6 Å². The van der Waals surface area contributed by atoms with Crippen molar-refractivity contribution in [2.45, 2.75) is 26.8 Å². The SMILES string of the molecule is COc1ccc(CCn2nc(C)c(NC(=O)c3cc(C(N)=O)nc4cc(F)c(Cl)cc34)c2C)cc1. The molecule has 0 saturated heterocycles. The molecule has 2 aromatic heterocycles. The van der Waals surface area contributed by atoms with Gasteiger partial charge in [0.1, 0.15) is 17.3 Å². The number of carbonyl (C=O) groups excluding carboxylic acids is 2. The average Bonchev–Trinajstić information content (AvgIpc) is 3.10. The molecular formula is C25H23ClFN5O3. The molecule has 2 aromatic carbocycles. The van der Waals surface area contributed by atoms with E-state index in [-0.39, 0.29) is 21.8 Å². The zero-order chi connectivity index (χ0) is 25.3. The van der Waals surface area contributed by atoms with E-state index in [1.807, 2.05) is 35.9 Å². The van der Waals surface area contributed by atoms with Crippen molar-refractivity contribution in [1.82, 2.24) is 14.8 Å². The number of nitrogens with one attached hydrogen (secondary N) is 1. The van der Waals surface area contributed by atoms with Crippen LogP contribution in [0.4, 0.5) is 10.1 Å². The molecule has 2 heterocycles. The summed E-state index contributed by atoms with van der Waals surface area (Å²) < 4.78 is 21.0. The second-order valence-electron chi connectivity index (χ2n) is 8.02. The van der Waals surface area contributed by atoms with Crippen LogP contribution in [0.3, 0.4) is 0 Å². The number of ether oxygens (including phenoxy) is 1. The Morgan fingerprint density at radius 1 is 1.17 bits per heavy atom. The van der Waals surface area contributed by atoms with Gasteiger partial charge in [0.25, 0.3) is 11.8 Å². The Balaban J connectivity index is 1.62. The minimum atomic E-state index is -0.838. The van der Waals surface area contributed by atoms with Gasteiger partial charge in [-0.05, 0) is 50.1 Å². The van der Waals surface area contributed by atoms with Crippen LogP contribution in [-0.4, -0.2) is 33.7 Å². The lowest BCUT2D eigenvalue weighted by Crippen LogP contribution is -2.18. The smallest absolute Gasteiger partial charge is 0.267 e. The molecular weight excluding hydrogens is 473 g/mol. The van der Waals surface area contributed by atoms with Crippen molar-refractivity contribution in [2.75, 3.05) is 12.4 Å². The average molecular weight is 496 g/mol. The van der Waals surface area contributed by atoms with E-state index in [9.17, 15) is 14.0 Å². The van der Waals surface area contributed by atoms with Gasteiger partial charge >= 0.3 is 0 Å². The molecule has 0 radical (unpaired) electrons. The Labute approximate surface area is 205 Å². The number of fused-ring (bicyclic) bond motifs is 1. The summed E-state index contributed by atoms with van der Waals surface area (Å²) in [6.45, 7) is 4.25. The fourth-order valence-corrected chi connectivity index (χ4v) is 4.00. The van der Waals surface area contributed by atoms with Crippen LogP contribution in [0.15, 0.2) is 42.5 Å². The number of nitrogens with zero attached hydrogens (tertiary/aromatic N) is 3. The first kappa shape index (κ1) is 24.2. The molecule has 0 spiro atoms. The maximum Gasteiger partial charge on any atom is 0.267 e. The second-order valence-corrected chi connectivity index (χ2v) is 8.43. The number of pyridine rings is 1. The van der Waals surface area contributed by atoms with Crippen LogP contribution in [0, 0.1) is 19.7 Å². The number of carbonyl (C=O) groups is 2. The highest BCUT2D eigenvalue weighted by Gasteiger charge is 2.20. The number of methoxy groups -OCH3 is 1. The molecule has 0 unspecified atom stereocenters. The summed E-state index contributed by atoms with van der Waals surface area (Å²) in [4.78, 5) is 29.1. The van der Waals surface area contributed by atoms with Crippen LogP contribution in [0.25, 0.3) is 10.9 Å². The fourth-order valence-electron chi connectivity index (χ4n) is 3.84. The Hall–Kier alpha value is -3.98. The van der Waals surface area contributed by atoms with E-state index in [1.54, 1.807) is 14.0 Å². The molecule has 0 atom stereocenters. The number of anilines is 1. The van der Waals surface area contributed by atoms with Crippen LogP contribution in [0.2, 0.25) is 5.02 Å². The monoisotopic (exact) mass is 495 g/mol. The van der Waals surface area contributed by atoms with Crippen molar-refractivity contribution in [3.63, 3.8) is 0 Å². The summed E-state index contributed by atoms with van der Waals surface area (Å²) in [6, 6.07) is 11.4. The van der Waals surface area contributed by atoms with Crippen molar-refractivity contribution in [2.24, 2.45) is 5.73 Å². The normalized spacial score (nSPS) is 11.0. The van der Waals surface area contributed by atoms with Crippen molar-refractivity contribution in [3.8, 4) is 5.75 Å². The standard InChI is InChI=1S/C25H23ClFN5O3/c1-13-23(14(2)32(31-13)9-8-15-4-6-16(35-3)7-5-15)30-25(34)18-11-22(24(28)33)29-21-12-20(27)19(26)10-17(18)21/h4-7,10-12H,8-9H2,1-3H3,(H2,28,33)(H,30,34). The summed E-state index contributed by atoms with van der Waals surface area (Å²) in [6.07, 6.45) is 0.736. The first-order valence-electron chi connectivity index (χ1n) is 10.8. The van der Waals surface area contributed by atoms with Crippen LogP contribution in [0.5, 0.6) is 5.75 Å². The number of aryl methyl sites for hydroxylation is 3. The number of amides is 2. The van der Waals surface area contributed by atoms with E-state index in [0.29, 0.717) is 23.3 Å². The molecule has 0 aliphatic heterocycles. The molecule has 0 fully saturated rings. The van der Waals surface area contributed by atoms with Gasteiger partial charge in [-0.15, -0.1) is 0 Å². The summed E-state index contributed by atoms with van der Waals surface area (Å²) in [5.41, 5.74) is 8.46. The molecule has 3 N–H and O–H groups in total. The summed E-state index contributed by atoms with van der Waals surface area (Å²) in [5.74, 6) is -1.29. The molecule has 2 amide bonds.